The Morgan fingerprint density at radius 2 is 2.33 bits per heavy atom. The number of aliphatic imine (C=N–C) groups is 1. The molecule has 4 heteroatoms. The molecule has 0 radical (unpaired) electrons. The lowest BCUT2D eigenvalue weighted by Crippen LogP contribution is -2.23. The van der Waals surface area contributed by atoms with Crippen molar-refractivity contribution in [3.63, 3.8) is 0 Å². The molecular weight excluding hydrogens is 190 g/mol. The molecule has 0 saturated heterocycles. The summed E-state index contributed by atoms with van der Waals surface area (Å²) in [7, 11) is 2.04. The van der Waals surface area contributed by atoms with E-state index in [2.05, 4.69) is 14.9 Å². The van der Waals surface area contributed by atoms with Crippen LogP contribution in [-0.2, 0) is 0 Å². The molecule has 0 aliphatic carbocycles. The van der Waals surface area contributed by atoms with Crippen LogP contribution in [0.4, 0.5) is 0 Å². The van der Waals surface area contributed by atoms with Gasteiger partial charge in [0.25, 0.3) is 0 Å². The van der Waals surface area contributed by atoms with Gasteiger partial charge in [0.05, 0.1) is 13.2 Å². The number of hydrogen-bond acceptors (Lipinski definition) is 4. The average molecular weight is 205 g/mol. The Labute approximate surface area is 89.6 Å². The van der Waals surface area contributed by atoms with Crippen LogP contribution in [0.15, 0.2) is 23.3 Å². The number of hydrogen-bond donors (Lipinski definition) is 0. The van der Waals surface area contributed by atoms with Crippen LogP contribution in [0.25, 0.3) is 0 Å². The molecular formula is C11H15N3O. The topological polar surface area (TPSA) is 37.7 Å². The first-order valence-corrected chi connectivity index (χ1v) is 5.16. The summed E-state index contributed by atoms with van der Waals surface area (Å²) in [4.78, 5) is 10.8. The molecule has 2 rings (SSSR count). The van der Waals surface area contributed by atoms with E-state index in [9.17, 15) is 0 Å². The fourth-order valence-corrected chi connectivity index (χ4v) is 1.59. The number of amidine groups is 1. The molecule has 0 atom stereocenters. The number of likely N-dealkylation sites (N-methyl/N-ethyl adjacent to an activating group) is 1. The van der Waals surface area contributed by atoms with Gasteiger partial charge in [-0.2, -0.15) is 0 Å². The van der Waals surface area contributed by atoms with Crippen LogP contribution in [-0.4, -0.2) is 42.5 Å². The molecule has 0 saturated carbocycles. The summed E-state index contributed by atoms with van der Waals surface area (Å²) < 4.78 is 5.29. The molecule has 4 nitrogen and oxygen atoms in total. The lowest BCUT2D eigenvalue weighted by Gasteiger charge is -2.13. The highest BCUT2D eigenvalue weighted by molar-refractivity contribution is 5.99. The Morgan fingerprint density at radius 1 is 1.47 bits per heavy atom. The highest BCUT2D eigenvalue weighted by Gasteiger charge is 2.14. The van der Waals surface area contributed by atoms with Crippen LogP contribution in [0.1, 0.15) is 12.5 Å². The van der Waals surface area contributed by atoms with Crippen molar-refractivity contribution in [2.45, 2.75) is 6.92 Å². The van der Waals surface area contributed by atoms with E-state index in [-0.39, 0.29) is 0 Å². The van der Waals surface area contributed by atoms with Crippen molar-refractivity contribution >= 4 is 5.84 Å². The molecule has 2 heterocycles. The first kappa shape index (κ1) is 9.96. The monoisotopic (exact) mass is 205 g/mol. The summed E-state index contributed by atoms with van der Waals surface area (Å²) >= 11 is 0. The van der Waals surface area contributed by atoms with Gasteiger partial charge >= 0.3 is 0 Å². The van der Waals surface area contributed by atoms with Gasteiger partial charge in [-0.3, -0.25) is 4.99 Å². The Bertz CT molecular complexity index is 359. The third kappa shape index (κ3) is 2.09. The number of rotatable bonds is 3. The molecule has 0 amide bonds. The first-order chi connectivity index (χ1) is 7.31. The Hall–Kier alpha value is -1.58. The maximum atomic E-state index is 5.29. The predicted octanol–water partition coefficient (Wildman–Crippen LogP) is 1.17. The van der Waals surface area contributed by atoms with Gasteiger partial charge in [0.1, 0.15) is 5.84 Å². The highest BCUT2D eigenvalue weighted by Crippen LogP contribution is 2.12. The van der Waals surface area contributed by atoms with Gasteiger partial charge in [0.15, 0.2) is 0 Å². The van der Waals surface area contributed by atoms with Gasteiger partial charge in [-0.1, -0.05) is 0 Å². The molecule has 0 aromatic carbocycles. The van der Waals surface area contributed by atoms with Gasteiger partial charge in [0, 0.05) is 31.4 Å². The zero-order valence-corrected chi connectivity index (χ0v) is 9.10. The van der Waals surface area contributed by atoms with Gasteiger partial charge in [-0.05, 0) is 13.0 Å². The maximum Gasteiger partial charge on any atom is 0.213 e. The Morgan fingerprint density at radius 3 is 2.87 bits per heavy atom. The molecule has 0 fully saturated rings. The molecule has 15 heavy (non-hydrogen) atoms. The third-order valence-electron chi connectivity index (χ3n) is 2.35. The zero-order valence-electron chi connectivity index (χ0n) is 9.10. The van der Waals surface area contributed by atoms with Crippen molar-refractivity contribution in [2.24, 2.45) is 4.99 Å². The largest absolute Gasteiger partial charge is 0.478 e. The van der Waals surface area contributed by atoms with Crippen molar-refractivity contribution in [3.8, 4) is 5.88 Å². The van der Waals surface area contributed by atoms with Crippen LogP contribution in [0.3, 0.4) is 0 Å². The predicted molar refractivity (Wildman–Crippen MR) is 59.4 cm³/mol. The minimum Gasteiger partial charge on any atom is -0.478 e. The second kappa shape index (κ2) is 4.29. The summed E-state index contributed by atoms with van der Waals surface area (Å²) in [5.41, 5.74) is 1.05. The first-order valence-electron chi connectivity index (χ1n) is 5.16. The number of aromatic nitrogens is 1. The quantitative estimate of drug-likeness (QED) is 0.743. The summed E-state index contributed by atoms with van der Waals surface area (Å²) in [6.45, 7) is 4.46. The number of ether oxygens (including phenoxy) is 1. The van der Waals surface area contributed by atoms with E-state index in [1.165, 1.54) is 0 Å². The molecule has 0 bridgehead atoms. The van der Waals surface area contributed by atoms with E-state index in [1.54, 1.807) is 0 Å². The van der Waals surface area contributed by atoms with Gasteiger partial charge < -0.3 is 9.64 Å². The second-order valence-corrected chi connectivity index (χ2v) is 3.45. The van der Waals surface area contributed by atoms with Crippen molar-refractivity contribution < 1.29 is 4.74 Å². The van der Waals surface area contributed by atoms with Gasteiger partial charge in [0.2, 0.25) is 5.88 Å². The van der Waals surface area contributed by atoms with Crippen molar-refractivity contribution in [2.75, 3.05) is 26.7 Å². The highest BCUT2D eigenvalue weighted by atomic mass is 16.5. The van der Waals surface area contributed by atoms with Crippen molar-refractivity contribution in [1.29, 1.82) is 0 Å². The lowest BCUT2D eigenvalue weighted by atomic mass is 10.2. The van der Waals surface area contributed by atoms with E-state index in [0.717, 1.165) is 24.5 Å². The molecule has 0 N–H and O–H groups in total. The van der Waals surface area contributed by atoms with Crippen LogP contribution in [0, 0.1) is 0 Å². The fraction of sp³-hybridized carbons (Fsp3) is 0.455. The Kier molecular flexibility index (Phi) is 2.85. The molecule has 1 aliphatic heterocycles. The van der Waals surface area contributed by atoms with Crippen LogP contribution >= 0.6 is 0 Å². The standard InChI is InChI=1S/C11H15N3O/c1-3-15-10-5-4-9(8-13-10)11-12-6-7-14(11)2/h4-5,8H,3,6-7H2,1-2H3. The summed E-state index contributed by atoms with van der Waals surface area (Å²) in [6.07, 6.45) is 1.81. The summed E-state index contributed by atoms with van der Waals surface area (Å²) in [5.74, 6) is 1.69. The maximum absolute atomic E-state index is 5.29. The minimum atomic E-state index is 0.646. The van der Waals surface area contributed by atoms with Crippen molar-refractivity contribution in [1.82, 2.24) is 9.88 Å². The van der Waals surface area contributed by atoms with E-state index in [4.69, 9.17) is 4.74 Å². The zero-order chi connectivity index (χ0) is 10.7. The average Bonchev–Trinajstić information content (AvgIpc) is 2.66. The SMILES string of the molecule is CCOc1ccc(C2=NCCN2C)cn1. The van der Waals surface area contributed by atoms with Gasteiger partial charge in [-0.15, -0.1) is 0 Å². The molecule has 1 aromatic rings. The number of nitrogens with zero attached hydrogens (tertiary/aromatic N) is 3. The molecule has 0 unspecified atom stereocenters. The van der Waals surface area contributed by atoms with Crippen LogP contribution in [0.2, 0.25) is 0 Å². The van der Waals surface area contributed by atoms with Crippen molar-refractivity contribution in [3.05, 3.63) is 23.9 Å². The molecule has 1 aromatic heterocycles. The lowest BCUT2D eigenvalue weighted by molar-refractivity contribution is 0.327. The summed E-state index contributed by atoms with van der Waals surface area (Å²) in [5, 5.41) is 0. The van der Waals surface area contributed by atoms with E-state index < -0.39 is 0 Å². The smallest absolute Gasteiger partial charge is 0.213 e. The molecule has 0 spiro atoms. The van der Waals surface area contributed by atoms with E-state index in [1.807, 2.05) is 32.3 Å². The van der Waals surface area contributed by atoms with Crippen LogP contribution < -0.4 is 4.74 Å². The second-order valence-electron chi connectivity index (χ2n) is 3.45. The molecule has 80 valence electrons. The van der Waals surface area contributed by atoms with Crippen LogP contribution in [0.5, 0.6) is 5.88 Å². The van der Waals surface area contributed by atoms with Gasteiger partial charge in [-0.25, -0.2) is 4.98 Å². The normalized spacial score (nSPS) is 15.3. The minimum absolute atomic E-state index is 0.646. The van der Waals surface area contributed by atoms with E-state index >= 15 is 0 Å². The molecule has 1 aliphatic rings. The third-order valence-corrected chi connectivity index (χ3v) is 2.35. The Balaban J connectivity index is 2.16. The van der Waals surface area contributed by atoms with E-state index in [0.29, 0.717) is 12.5 Å². The summed E-state index contributed by atoms with van der Waals surface area (Å²) in [6, 6.07) is 3.88. The fourth-order valence-electron chi connectivity index (χ4n) is 1.59. The number of pyridine rings is 1.